The molecule has 1 rings (SSSR count). The molecule has 0 aliphatic rings. The van der Waals surface area contributed by atoms with E-state index in [2.05, 4.69) is 0 Å². The van der Waals surface area contributed by atoms with Gasteiger partial charge in [-0.25, -0.2) is 0 Å². The molecule has 2 N–H and O–H groups in total. The third-order valence-corrected chi connectivity index (χ3v) is 2.50. The molecule has 0 radical (unpaired) electrons. The molecule has 0 bridgehead atoms. The molecule has 15 heavy (non-hydrogen) atoms. The standard InChI is InChI=1S/C10H6Cl2N2O/c11-8-3-1-2-6(9(8)12)4-7(5-13)10(14)15/h1-4H,(H2,14,15). The summed E-state index contributed by atoms with van der Waals surface area (Å²) >= 11 is 11.6. The van der Waals surface area contributed by atoms with Crippen LogP contribution < -0.4 is 5.73 Å². The molecular formula is C10H6Cl2N2O. The lowest BCUT2D eigenvalue weighted by molar-refractivity contribution is -0.114. The molecule has 76 valence electrons. The number of amides is 1. The molecule has 3 nitrogen and oxygen atoms in total. The van der Waals surface area contributed by atoms with E-state index >= 15 is 0 Å². The maximum Gasteiger partial charge on any atom is 0.259 e. The topological polar surface area (TPSA) is 66.9 Å². The first kappa shape index (κ1) is 11.6. The molecule has 0 unspecified atom stereocenters. The van der Waals surface area contributed by atoms with Gasteiger partial charge in [0, 0.05) is 0 Å². The van der Waals surface area contributed by atoms with Crippen molar-refractivity contribution in [3.8, 4) is 6.07 Å². The quantitative estimate of drug-likeness (QED) is 0.638. The molecule has 0 aromatic heterocycles. The van der Waals surface area contributed by atoms with Crippen molar-refractivity contribution in [2.24, 2.45) is 5.73 Å². The van der Waals surface area contributed by atoms with Gasteiger partial charge in [0.1, 0.15) is 11.6 Å². The summed E-state index contributed by atoms with van der Waals surface area (Å²) in [5.41, 5.74) is 5.30. The summed E-state index contributed by atoms with van der Waals surface area (Å²) in [5, 5.41) is 9.26. The Hall–Kier alpha value is -1.50. The molecule has 0 fully saturated rings. The van der Waals surface area contributed by atoms with Gasteiger partial charge < -0.3 is 5.73 Å². The summed E-state index contributed by atoms with van der Waals surface area (Å²) in [6.07, 6.45) is 1.30. The number of nitrogens with two attached hydrogens (primary N) is 1. The lowest BCUT2D eigenvalue weighted by atomic mass is 10.1. The highest BCUT2D eigenvalue weighted by Crippen LogP contribution is 2.26. The van der Waals surface area contributed by atoms with Crippen LogP contribution in [0.4, 0.5) is 0 Å². The van der Waals surface area contributed by atoms with Crippen LogP contribution >= 0.6 is 23.2 Å². The number of hydrogen-bond acceptors (Lipinski definition) is 2. The van der Waals surface area contributed by atoms with Crippen molar-refractivity contribution in [2.75, 3.05) is 0 Å². The van der Waals surface area contributed by atoms with E-state index < -0.39 is 5.91 Å². The fourth-order valence-electron chi connectivity index (χ4n) is 0.946. The Bertz CT molecular complexity index is 475. The van der Waals surface area contributed by atoms with Crippen LogP contribution in [-0.4, -0.2) is 5.91 Å². The van der Waals surface area contributed by atoms with Gasteiger partial charge in [-0.1, -0.05) is 35.3 Å². The Morgan fingerprint density at radius 3 is 2.67 bits per heavy atom. The molecule has 5 heteroatoms. The molecule has 0 spiro atoms. The van der Waals surface area contributed by atoms with Gasteiger partial charge in [-0.05, 0) is 17.7 Å². The van der Waals surface area contributed by atoms with Crippen molar-refractivity contribution in [3.05, 3.63) is 39.4 Å². The minimum Gasteiger partial charge on any atom is -0.365 e. The van der Waals surface area contributed by atoms with Gasteiger partial charge in [0.05, 0.1) is 10.0 Å². The van der Waals surface area contributed by atoms with Crippen molar-refractivity contribution in [2.45, 2.75) is 0 Å². The smallest absolute Gasteiger partial charge is 0.259 e. The van der Waals surface area contributed by atoms with Gasteiger partial charge in [0.2, 0.25) is 0 Å². The van der Waals surface area contributed by atoms with E-state index in [4.69, 9.17) is 34.2 Å². The number of rotatable bonds is 2. The van der Waals surface area contributed by atoms with Crippen LogP contribution in [-0.2, 0) is 4.79 Å². The number of carbonyl (C=O) groups is 1. The van der Waals surface area contributed by atoms with Gasteiger partial charge >= 0.3 is 0 Å². The number of halogens is 2. The highest BCUT2D eigenvalue weighted by atomic mass is 35.5. The molecule has 0 saturated heterocycles. The third kappa shape index (κ3) is 2.72. The fraction of sp³-hybridized carbons (Fsp3) is 0. The summed E-state index contributed by atoms with van der Waals surface area (Å²) in [6, 6.07) is 6.59. The van der Waals surface area contributed by atoms with E-state index in [1.54, 1.807) is 24.3 Å². The number of nitriles is 1. The number of benzene rings is 1. The van der Waals surface area contributed by atoms with Crippen molar-refractivity contribution in [1.29, 1.82) is 5.26 Å². The molecule has 1 aromatic carbocycles. The third-order valence-electron chi connectivity index (χ3n) is 1.67. The zero-order valence-electron chi connectivity index (χ0n) is 7.50. The maximum absolute atomic E-state index is 10.8. The summed E-state index contributed by atoms with van der Waals surface area (Å²) in [5.74, 6) is -0.798. The highest BCUT2D eigenvalue weighted by Gasteiger charge is 2.07. The van der Waals surface area contributed by atoms with Crippen LogP contribution in [0.3, 0.4) is 0 Å². The first-order valence-corrected chi connectivity index (χ1v) is 4.67. The molecule has 0 atom stereocenters. The first-order chi connectivity index (χ1) is 7.06. The van der Waals surface area contributed by atoms with E-state index in [1.807, 2.05) is 0 Å². The molecule has 1 amide bonds. The van der Waals surface area contributed by atoms with Crippen molar-refractivity contribution >= 4 is 35.2 Å². The summed E-state index contributed by atoms with van der Waals surface area (Å²) < 4.78 is 0. The number of hydrogen-bond donors (Lipinski definition) is 1. The van der Waals surface area contributed by atoms with Crippen molar-refractivity contribution in [1.82, 2.24) is 0 Å². The minimum absolute atomic E-state index is 0.167. The lowest BCUT2D eigenvalue weighted by Gasteiger charge is -2.00. The summed E-state index contributed by atoms with van der Waals surface area (Å²) in [6.45, 7) is 0. The number of primary amides is 1. The van der Waals surface area contributed by atoms with Crippen LogP contribution in [0.2, 0.25) is 10.0 Å². The van der Waals surface area contributed by atoms with Crippen LogP contribution in [0.1, 0.15) is 5.56 Å². The first-order valence-electron chi connectivity index (χ1n) is 3.92. The second-order valence-corrected chi connectivity index (χ2v) is 3.46. The average Bonchev–Trinajstić information content (AvgIpc) is 2.19. The molecule has 1 aromatic rings. The molecule has 0 aliphatic carbocycles. The zero-order valence-corrected chi connectivity index (χ0v) is 9.01. The largest absolute Gasteiger partial charge is 0.365 e. The average molecular weight is 241 g/mol. The van der Waals surface area contributed by atoms with Crippen molar-refractivity contribution in [3.63, 3.8) is 0 Å². The van der Waals surface area contributed by atoms with Gasteiger partial charge in [0.15, 0.2) is 0 Å². The Kier molecular flexibility index (Phi) is 3.73. The van der Waals surface area contributed by atoms with Crippen LogP contribution in [0, 0.1) is 11.3 Å². The van der Waals surface area contributed by atoms with Gasteiger partial charge in [-0.3, -0.25) is 4.79 Å². The molecular weight excluding hydrogens is 235 g/mol. The Morgan fingerprint density at radius 2 is 2.13 bits per heavy atom. The molecule has 0 aliphatic heterocycles. The highest BCUT2D eigenvalue weighted by molar-refractivity contribution is 6.43. The van der Waals surface area contributed by atoms with Crippen LogP contribution in [0.15, 0.2) is 23.8 Å². The zero-order chi connectivity index (χ0) is 11.4. The second-order valence-electron chi connectivity index (χ2n) is 2.68. The maximum atomic E-state index is 10.8. The van der Waals surface area contributed by atoms with Crippen LogP contribution in [0.5, 0.6) is 0 Å². The van der Waals surface area contributed by atoms with Gasteiger partial charge in [-0.2, -0.15) is 5.26 Å². The summed E-state index contributed by atoms with van der Waals surface area (Å²) in [4.78, 5) is 10.8. The minimum atomic E-state index is -0.798. The monoisotopic (exact) mass is 240 g/mol. The predicted molar refractivity (Wildman–Crippen MR) is 59.2 cm³/mol. The van der Waals surface area contributed by atoms with E-state index in [-0.39, 0.29) is 10.6 Å². The predicted octanol–water partition coefficient (Wildman–Crippen LogP) is 2.39. The second kappa shape index (κ2) is 4.83. The SMILES string of the molecule is N#CC(=Cc1cccc(Cl)c1Cl)C(N)=O. The van der Waals surface area contributed by atoms with Gasteiger partial charge in [-0.15, -0.1) is 0 Å². The Balaban J connectivity index is 3.25. The van der Waals surface area contributed by atoms with Crippen LogP contribution in [0.25, 0.3) is 6.08 Å². The Labute approximate surface area is 96.7 Å². The lowest BCUT2D eigenvalue weighted by Crippen LogP contribution is -2.12. The Morgan fingerprint density at radius 1 is 1.47 bits per heavy atom. The number of nitrogens with zero attached hydrogens (tertiary/aromatic N) is 1. The van der Waals surface area contributed by atoms with E-state index in [9.17, 15) is 4.79 Å². The molecule has 0 heterocycles. The fourth-order valence-corrected chi connectivity index (χ4v) is 1.31. The van der Waals surface area contributed by atoms with E-state index in [0.717, 1.165) is 0 Å². The summed E-state index contributed by atoms with van der Waals surface area (Å²) in [7, 11) is 0. The van der Waals surface area contributed by atoms with Gasteiger partial charge in [0.25, 0.3) is 5.91 Å². The number of carbonyl (C=O) groups excluding carboxylic acids is 1. The van der Waals surface area contributed by atoms with E-state index in [0.29, 0.717) is 10.6 Å². The van der Waals surface area contributed by atoms with Crippen molar-refractivity contribution < 1.29 is 4.79 Å². The van der Waals surface area contributed by atoms with E-state index in [1.165, 1.54) is 6.08 Å². The molecule has 0 saturated carbocycles. The normalized spacial score (nSPS) is 10.9.